The van der Waals surface area contributed by atoms with Gasteiger partial charge in [-0.05, 0) is 0 Å². The van der Waals surface area contributed by atoms with Crippen LogP contribution in [0.3, 0.4) is 0 Å². The van der Waals surface area contributed by atoms with E-state index in [0.29, 0.717) is 12.0 Å². The molecule has 0 radical (unpaired) electrons. The summed E-state index contributed by atoms with van der Waals surface area (Å²) >= 11 is 0. The van der Waals surface area contributed by atoms with Gasteiger partial charge in [0.2, 0.25) is 0 Å². The Morgan fingerprint density at radius 1 is 1.38 bits per heavy atom. The Hall–Kier alpha value is -1.46. The summed E-state index contributed by atoms with van der Waals surface area (Å²) in [6, 6.07) is 6.41. The van der Waals surface area contributed by atoms with Crippen molar-refractivity contribution in [2.45, 2.75) is 6.42 Å². The number of nitro benzene ring substituents is 1. The molecule has 1 aromatic carbocycles. The molecule has 0 fully saturated rings. The van der Waals surface area contributed by atoms with Crippen LogP contribution in [0.1, 0.15) is 5.56 Å². The lowest BCUT2D eigenvalue weighted by atomic mass is 10.1. The molecule has 0 heterocycles. The lowest BCUT2D eigenvalue weighted by Crippen LogP contribution is -1.97. The number of benzene rings is 1. The molecule has 0 saturated carbocycles. The quantitative estimate of drug-likeness (QED) is 0.542. The average Bonchev–Trinajstić information content (AvgIpc) is 2.05. The highest BCUT2D eigenvalue weighted by Crippen LogP contribution is 2.17. The normalized spacial score (nSPS) is 9.00. The minimum atomic E-state index is -0.439. The fourth-order valence-corrected chi connectivity index (χ4v) is 1.02. The number of hydrogen-bond acceptors (Lipinski definition) is 3. The van der Waals surface area contributed by atoms with E-state index in [1.165, 1.54) is 6.07 Å². The Balaban J connectivity index is 0.00000144. The highest BCUT2D eigenvalue weighted by atomic mass is 16.6. The molecule has 0 aliphatic rings. The van der Waals surface area contributed by atoms with Gasteiger partial charge in [-0.15, -0.1) is 0 Å². The fourth-order valence-electron chi connectivity index (χ4n) is 1.02. The SMILES string of the molecule is O.O=[N+]([O-])c1ccccc1CCO. The first-order valence-corrected chi connectivity index (χ1v) is 3.59. The van der Waals surface area contributed by atoms with Crippen LogP contribution in [0.25, 0.3) is 0 Å². The third-order valence-electron chi connectivity index (χ3n) is 1.57. The smallest absolute Gasteiger partial charge is 0.272 e. The zero-order valence-electron chi connectivity index (χ0n) is 6.93. The second-order valence-corrected chi connectivity index (χ2v) is 2.36. The Labute approximate surface area is 75.1 Å². The number of para-hydroxylation sites is 1. The van der Waals surface area contributed by atoms with Gasteiger partial charge in [0.25, 0.3) is 5.69 Å². The van der Waals surface area contributed by atoms with Crippen LogP contribution < -0.4 is 0 Å². The number of hydrogen-bond donors (Lipinski definition) is 1. The molecule has 0 atom stereocenters. The van der Waals surface area contributed by atoms with Gasteiger partial charge in [-0.1, -0.05) is 18.2 Å². The molecule has 3 N–H and O–H groups in total. The number of nitrogens with zero attached hydrogens (tertiary/aromatic N) is 1. The van der Waals surface area contributed by atoms with E-state index >= 15 is 0 Å². The van der Waals surface area contributed by atoms with Gasteiger partial charge in [-0.3, -0.25) is 10.1 Å². The third kappa shape index (κ3) is 2.81. The van der Waals surface area contributed by atoms with Crippen molar-refractivity contribution >= 4 is 5.69 Å². The average molecular weight is 185 g/mol. The van der Waals surface area contributed by atoms with E-state index < -0.39 is 4.92 Å². The van der Waals surface area contributed by atoms with Crippen LogP contribution in [-0.4, -0.2) is 22.1 Å². The summed E-state index contributed by atoms with van der Waals surface area (Å²) in [5.74, 6) is 0. The molecule has 0 spiro atoms. The summed E-state index contributed by atoms with van der Waals surface area (Å²) in [6.45, 7) is -0.0646. The van der Waals surface area contributed by atoms with Crippen molar-refractivity contribution in [3.05, 3.63) is 39.9 Å². The fraction of sp³-hybridized carbons (Fsp3) is 0.250. The molecular formula is C8H11NO4. The van der Waals surface area contributed by atoms with E-state index in [0.717, 1.165) is 0 Å². The zero-order chi connectivity index (χ0) is 8.97. The zero-order valence-corrected chi connectivity index (χ0v) is 6.93. The Kier molecular flexibility index (Phi) is 4.64. The van der Waals surface area contributed by atoms with Crippen LogP contribution in [0.5, 0.6) is 0 Å². The van der Waals surface area contributed by atoms with Crippen molar-refractivity contribution < 1.29 is 15.5 Å². The molecule has 0 aliphatic heterocycles. The second-order valence-electron chi connectivity index (χ2n) is 2.36. The van der Waals surface area contributed by atoms with E-state index in [4.69, 9.17) is 5.11 Å². The van der Waals surface area contributed by atoms with Gasteiger partial charge in [0, 0.05) is 24.7 Å². The van der Waals surface area contributed by atoms with Crippen LogP contribution in [-0.2, 0) is 6.42 Å². The van der Waals surface area contributed by atoms with Crippen molar-refractivity contribution in [3.63, 3.8) is 0 Å². The van der Waals surface area contributed by atoms with Crippen molar-refractivity contribution in [3.8, 4) is 0 Å². The highest BCUT2D eigenvalue weighted by molar-refractivity contribution is 5.39. The monoisotopic (exact) mass is 185 g/mol. The van der Waals surface area contributed by atoms with Gasteiger partial charge >= 0.3 is 0 Å². The molecule has 0 bridgehead atoms. The molecular weight excluding hydrogens is 174 g/mol. The van der Waals surface area contributed by atoms with E-state index in [2.05, 4.69) is 0 Å². The maximum absolute atomic E-state index is 10.4. The number of aliphatic hydroxyl groups is 1. The molecule has 0 saturated heterocycles. The summed E-state index contributed by atoms with van der Waals surface area (Å²) < 4.78 is 0. The molecule has 0 aliphatic carbocycles. The Bertz CT molecular complexity index is 287. The minimum Gasteiger partial charge on any atom is -0.412 e. The van der Waals surface area contributed by atoms with Crippen molar-refractivity contribution in [1.82, 2.24) is 0 Å². The maximum Gasteiger partial charge on any atom is 0.272 e. The molecule has 1 aromatic rings. The lowest BCUT2D eigenvalue weighted by Gasteiger charge is -1.98. The summed E-state index contributed by atoms with van der Waals surface area (Å²) in [6.07, 6.45) is 0.331. The van der Waals surface area contributed by atoms with Crippen molar-refractivity contribution in [2.75, 3.05) is 6.61 Å². The number of rotatable bonds is 3. The van der Waals surface area contributed by atoms with Gasteiger partial charge in [0.1, 0.15) is 0 Å². The molecule has 0 aromatic heterocycles. The predicted octanol–water partition coefficient (Wildman–Crippen LogP) is 0.305. The van der Waals surface area contributed by atoms with E-state index in [-0.39, 0.29) is 17.8 Å². The molecule has 5 nitrogen and oxygen atoms in total. The molecule has 0 amide bonds. The minimum absolute atomic E-state index is 0. The largest absolute Gasteiger partial charge is 0.412 e. The van der Waals surface area contributed by atoms with Gasteiger partial charge in [-0.2, -0.15) is 0 Å². The van der Waals surface area contributed by atoms with Gasteiger partial charge in [0.05, 0.1) is 4.92 Å². The second kappa shape index (κ2) is 5.23. The topological polar surface area (TPSA) is 94.9 Å². The van der Waals surface area contributed by atoms with Crippen molar-refractivity contribution in [1.29, 1.82) is 0 Å². The van der Waals surface area contributed by atoms with Gasteiger partial charge in [-0.25, -0.2) is 0 Å². The highest BCUT2D eigenvalue weighted by Gasteiger charge is 2.10. The van der Waals surface area contributed by atoms with Crippen LogP contribution in [0.4, 0.5) is 5.69 Å². The molecule has 13 heavy (non-hydrogen) atoms. The van der Waals surface area contributed by atoms with Crippen LogP contribution in [0, 0.1) is 10.1 Å². The molecule has 1 rings (SSSR count). The van der Waals surface area contributed by atoms with Crippen LogP contribution >= 0.6 is 0 Å². The van der Waals surface area contributed by atoms with Crippen molar-refractivity contribution in [2.24, 2.45) is 0 Å². The Morgan fingerprint density at radius 2 is 2.00 bits per heavy atom. The molecule has 5 heteroatoms. The summed E-state index contributed by atoms with van der Waals surface area (Å²) in [5.41, 5.74) is 0.650. The molecule has 72 valence electrons. The summed E-state index contributed by atoms with van der Waals surface area (Å²) in [7, 11) is 0. The predicted molar refractivity (Wildman–Crippen MR) is 47.5 cm³/mol. The van der Waals surface area contributed by atoms with E-state index in [1.54, 1.807) is 18.2 Å². The first-order chi connectivity index (χ1) is 5.75. The third-order valence-corrected chi connectivity index (χ3v) is 1.57. The standard InChI is InChI=1S/C8H9NO3.H2O/c10-6-5-7-3-1-2-4-8(7)9(11)12;/h1-4,10H,5-6H2;1H2. The van der Waals surface area contributed by atoms with E-state index in [9.17, 15) is 10.1 Å². The van der Waals surface area contributed by atoms with Gasteiger partial charge < -0.3 is 10.6 Å². The number of nitro groups is 1. The number of aliphatic hydroxyl groups excluding tert-OH is 1. The summed E-state index contributed by atoms with van der Waals surface area (Å²) in [5, 5.41) is 19.0. The van der Waals surface area contributed by atoms with Crippen LogP contribution in [0.15, 0.2) is 24.3 Å². The molecule has 0 unspecified atom stereocenters. The Morgan fingerprint density at radius 3 is 2.54 bits per heavy atom. The van der Waals surface area contributed by atoms with Crippen LogP contribution in [0.2, 0.25) is 0 Å². The van der Waals surface area contributed by atoms with E-state index in [1.807, 2.05) is 0 Å². The van der Waals surface area contributed by atoms with Gasteiger partial charge in [0.15, 0.2) is 0 Å². The first kappa shape index (κ1) is 11.5. The first-order valence-electron chi connectivity index (χ1n) is 3.59. The maximum atomic E-state index is 10.4. The summed E-state index contributed by atoms with van der Waals surface area (Å²) in [4.78, 5) is 9.98. The lowest BCUT2D eigenvalue weighted by molar-refractivity contribution is -0.385.